The Labute approximate surface area is 287 Å². The molecule has 0 aliphatic heterocycles. The lowest BCUT2D eigenvalue weighted by Crippen LogP contribution is -1.90. The summed E-state index contributed by atoms with van der Waals surface area (Å²) in [7, 11) is 0. The molecule has 0 aliphatic carbocycles. The lowest BCUT2D eigenvalue weighted by molar-refractivity contribution is 0.665. The van der Waals surface area contributed by atoms with Gasteiger partial charge in [0.2, 0.25) is 0 Å². The van der Waals surface area contributed by atoms with Crippen LogP contribution in [0.3, 0.4) is 0 Å². The third-order valence-electron chi connectivity index (χ3n) is 10.5. The number of furan rings is 2. The molecule has 11 aromatic rings. The van der Waals surface area contributed by atoms with Crippen LogP contribution in [0.2, 0.25) is 0 Å². The fraction of sp³-hybridized carbons (Fsp3) is 0. The molecule has 2 heteroatoms. The van der Waals surface area contributed by atoms with Gasteiger partial charge in [0.05, 0.1) is 5.39 Å². The third-order valence-corrected chi connectivity index (χ3v) is 10.5. The van der Waals surface area contributed by atoms with E-state index in [0.29, 0.717) is 0 Å². The quantitative estimate of drug-likeness (QED) is 0.180. The Morgan fingerprint density at radius 3 is 1.50 bits per heavy atom. The van der Waals surface area contributed by atoms with E-state index in [1.54, 1.807) is 0 Å². The van der Waals surface area contributed by atoms with Crippen molar-refractivity contribution < 1.29 is 8.83 Å². The van der Waals surface area contributed by atoms with Gasteiger partial charge < -0.3 is 8.83 Å². The summed E-state index contributed by atoms with van der Waals surface area (Å²) in [5.74, 6) is 0. The lowest BCUT2D eigenvalue weighted by atomic mass is 9.85. The van der Waals surface area contributed by atoms with E-state index in [1.165, 1.54) is 54.9 Å². The van der Waals surface area contributed by atoms with E-state index in [9.17, 15) is 0 Å². The second kappa shape index (κ2) is 10.4. The molecule has 0 atom stereocenters. The van der Waals surface area contributed by atoms with Crippen molar-refractivity contribution in [1.82, 2.24) is 0 Å². The smallest absolute Gasteiger partial charge is 0.147 e. The molecule has 0 saturated carbocycles. The van der Waals surface area contributed by atoms with Gasteiger partial charge in [-0.15, -0.1) is 0 Å². The van der Waals surface area contributed by atoms with E-state index in [1.807, 2.05) is 12.1 Å². The van der Waals surface area contributed by atoms with E-state index < -0.39 is 0 Å². The van der Waals surface area contributed by atoms with Crippen molar-refractivity contribution in [3.63, 3.8) is 0 Å². The highest BCUT2D eigenvalue weighted by Crippen LogP contribution is 2.45. The molecule has 0 aliphatic rings. The SMILES string of the molecule is c1ccc(-c2c3ccccc3c(-c3ccc(-c4ccc5c(ccc6c5oc5ccc7c8ccccc8oc7c56)c4)cc3)c3ccccc23)cc1. The van der Waals surface area contributed by atoms with Gasteiger partial charge in [0.25, 0.3) is 0 Å². The molecule has 2 nitrogen and oxygen atoms in total. The summed E-state index contributed by atoms with van der Waals surface area (Å²) < 4.78 is 12.9. The van der Waals surface area contributed by atoms with Crippen molar-refractivity contribution >= 4 is 76.2 Å². The van der Waals surface area contributed by atoms with Crippen LogP contribution in [-0.4, -0.2) is 0 Å². The van der Waals surface area contributed by atoms with Gasteiger partial charge in [-0.2, -0.15) is 0 Å². The van der Waals surface area contributed by atoms with Gasteiger partial charge in [-0.05, 0) is 96.7 Å². The molecular weight excluding hydrogens is 609 g/mol. The highest BCUT2D eigenvalue weighted by molar-refractivity contribution is 6.25. The summed E-state index contributed by atoms with van der Waals surface area (Å²) in [5.41, 5.74) is 10.9. The van der Waals surface area contributed by atoms with Crippen molar-refractivity contribution in [2.75, 3.05) is 0 Å². The zero-order chi connectivity index (χ0) is 32.8. The normalized spacial score (nSPS) is 12.0. The predicted octanol–water partition coefficient (Wildman–Crippen LogP) is 13.9. The monoisotopic (exact) mass is 636 g/mol. The number of benzene rings is 9. The number of para-hydroxylation sites is 1. The number of rotatable bonds is 3. The van der Waals surface area contributed by atoms with E-state index in [0.717, 1.165) is 54.6 Å². The molecule has 0 radical (unpaired) electrons. The van der Waals surface area contributed by atoms with Gasteiger partial charge in [0.1, 0.15) is 22.3 Å². The maximum atomic E-state index is 6.53. The second-order valence-electron chi connectivity index (χ2n) is 13.2. The van der Waals surface area contributed by atoms with E-state index in [-0.39, 0.29) is 0 Å². The van der Waals surface area contributed by atoms with Crippen molar-refractivity contribution in [2.24, 2.45) is 0 Å². The minimum Gasteiger partial charge on any atom is -0.455 e. The lowest BCUT2D eigenvalue weighted by Gasteiger charge is -2.18. The van der Waals surface area contributed by atoms with Crippen LogP contribution in [0.5, 0.6) is 0 Å². The first kappa shape index (κ1) is 27.3. The Bertz CT molecular complexity index is 3070. The Morgan fingerprint density at radius 1 is 0.280 bits per heavy atom. The summed E-state index contributed by atoms with van der Waals surface area (Å²) in [6.07, 6.45) is 0. The molecule has 0 N–H and O–H groups in total. The molecule has 232 valence electrons. The molecule has 0 saturated heterocycles. The predicted molar refractivity (Wildman–Crippen MR) is 210 cm³/mol. The Balaban J connectivity index is 1.03. The molecule has 2 aromatic heterocycles. The zero-order valence-corrected chi connectivity index (χ0v) is 27.0. The molecule has 11 rings (SSSR count). The third kappa shape index (κ3) is 3.90. The Morgan fingerprint density at radius 2 is 0.800 bits per heavy atom. The zero-order valence-electron chi connectivity index (χ0n) is 27.0. The molecule has 9 aromatic carbocycles. The van der Waals surface area contributed by atoms with Gasteiger partial charge in [-0.3, -0.25) is 0 Å². The summed E-state index contributed by atoms with van der Waals surface area (Å²) in [5, 5.41) is 11.7. The van der Waals surface area contributed by atoms with Crippen LogP contribution >= 0.6 is 0 Å². The average Bonchev–Trinajstić information content (AvgIpc) is 3.76. The topological polar surface area (TPSA) is 26.3 Å². The first-order valence-electron chi connectivity index (χ1n) is 17.1. The van der Waals surface area contributed by atoms with Crippen LogP contribution in [0.4, 0.5) is 0 Å². The summed E-state index contributed by atoms with van der Waals surface area (Å²) in [6.45, 7) is 0. The fourth-order valence-electron chi connectivity index (χ4n) is 8.19. The molecule has 2 heterocycles. The highest BCUT2D eigenvalue weighted by Gasteiger charge is 2.19. The van der Waals surface area contributed by atoms with E-state index in [4.69, 9.17) is 8.83 Å². The maximum Gasteiger partial charge on any atom is 0.147 e. The minimum absolute atomic E-state index is 0.843. The standard InChI is InChI=1S/C48H28O2/c1-2-10-30(11-3-1)44-36-13-4-6-15-38(36)45(39-16-7-5-14-37(39)44)31-20-18-29(19-21-31)32-22-24-34-33(28-32)23-25-41-46-43(50-47(34)41)27-26-40-35-12-8-9-17-42(35)49-48(40)46/h1-28H. The maximum absolute atomic E-state index is 6.53. The summed E-state index contributed by atoms with van der Waals surface area (Å²) in [4.78, 5) is 0. The molecule has 0 bridgehead atoms. The Kier molecular flexibility index (Phi) is 5.70. The number of fused-ring (bicyclic) bond motifs is 11. The molecule has 50 heavy (non-hydrogen) atoms. The van der Waals surface area contributed by atoms with Crippen molar-refractivity contribution in [1.29, 1.82) is 0 Å². The van der Waals surface area contributed by atoms with Gasteiger partial charge in [0, 0.05) is 21.5 Å². The minimum atomic E-state index is 0.843. The van der Waals surface area contributed by atoms with Crippen molar-refractivity contribution in [3.8, 4) is 33.4 Å². The average molecular weight is 637 g/mol. The van der Waals surface area contributed by atoms with Crippen LogP contribution in [-0.2, 0) is 0 Å². The van der Waals surface area contributed by atoms with Gasteiger partial charge >= 0.3 is 0 Å². The van der Waals surface area contributed by atoms with Crippen LogP contribution < -0.4 is 0 Å². The van der Waals surface area contributed by atoms with Gasteiger partial charge in [0.15, 0.2) is 0 Å². The van der Waals surface area contributed by atoms with Crippen LogP contribution in [0.25, 0.3) is 110 Å². The van der Waals surface area contributed by atoms with Gasteiger partial charge in [-0.1, -0.05) is 133 Å². The number of hydrogen-bond acceptors (Lipinski definition) is 2. The van der Waals surface area contributed by atoms with Crippen LogP contribution in [0, 0.1) is 0 Å². The summed E-state index contributed by atoms with van der Waals surface area (Å²) >= 11 is 0. The van der Waals surface area contributed by atoms with E-state index in [2.05, 4.69) is 158 Å². The van der Waals surface area contributed by atoms with Gasteiger partial charge in [-0.25, -0.2) is 0 Å². The van der Waals surface area contributed by atoms with Crippen LogP contribution in [0.15, 0.2) is 179 Å². The van der Waals surface area contributed by atoms with Crippen LogP contribution in [0.1, 0.15) is 0 Å². The molecule has 0 fully saturated rings. The largest absolute Gasteiger partial charge is 0.455 e. The highest BCUT2D eigenvalue weighted by atomic mass is 16.3. The fourth-order valence-corrected chi connectivity index (χ4v) is 8.19. The van der Waals surface area contributed by atoms with Crippen molar-refractivity contribution in [3.05, 3.63) is 170 Å². The molecule has 0 amide bonds. The number of hydrogen-bond donors (Lipinski definition) is 0. The first-order chi connectivity index (χ1) is 24.8. The first-order valence-corrected chi connectivity index (χ1v) is 17.1. The Hall–Kier alpha value is -6.64. The molecule has 0 unspecified atom stereocenters. The molecular formula is C48H28O2. The second-order valence-corrected chi connectivity index (χ2v) is 13.2. The molecule has 0 spiro atoms. The summed E-state index contributed by atoms with van der Waals surface area (Å²) in [6, 6.07) is 60.9. The van der Waals surface area contributed by atoms with E-state index >= 15 is 0 Å². The van der Waals surface area contributed by atoms with Crippen molar-refractivity contribution in [2.45, 2.75) is 0 Å².